The molecule has 120 valence electrons. The topological polar surface area (TPSA) is 55.6 Å². The lowest BCUT2D eigenvalue weighted by Gasteiger charge is -2.18. The van der Waals surface area contributed by atoms with Crippen LogP contribution in [0.25, 0.3) is 0 Å². The molecule has 4 nitrogen and oxygen atoms in total. The van der Waals surface area contributed by atoms with Crippen molar-refractivity contribution in [3.8, 4) is 5.75 Å². The van der Waals surface area contributed by atoms with E-state index in [9.17, 15) is 4.79 Å². The first-order valence-electron chi connectivity index (χ1n) is 7.67. The Kier molecular flexibility index (Phi) is 4.84. The largest absolute Gasteiger partial charge is 0.487 e. The minimum Gasteiger partial charge on any atom is -0.487 e. The summed E-state index contributed by atoms with van der Waals surface area (Å²) in [6.45, 7) is 1.74. The van der Waals surface area contributed by atoms with Gasteiger partial charge in [-0.1, -0.05) is 35.9 Å². The highest BCUT2D eigenvalue weighted by atomic mass is 35.5. The first kappa shape index (κ1) is 15.8. The van der Waals surface area contributed by atoms with Crippen LogP contribution in [0.2, 0.25) is 5.02 Å². The van der Waals surface area contributed by atoms with Crippen LogP contribution in [0, 0.1) is 0 Å². The van der Waals surface area contributed by atoms with Gasteiger partial charge in [-0.15, -0.1) is 0 Å². The van der Waals surface area contributed by atoms with Crippen molar-refractivity contribution >= 4 is 17.5 Å². The molecular weight excluding hydrogens is 312 g/mol. The third-order valence-corrected chi connectivity index (χ3v) is 4.31. The van der Waals surface area contributed by atoms with E-state index in [2.05, 4.69) is 0 Å². The molecule has 2 aromatic rings. The molecule has 23 heavy (non-hydrogen) atoms. The summed E-state index contributed by atoms with van der Waals surface area (Å²) in [4.78, 5) is 14.3. The summed E-state index contributed by atoms with van der Waals surface area (Å²) in [7, 11) is 0. The van der Waals surface area contributed by atoms with Crippen LogP contribution in [0.1, 0.15) is 22.3 Å². The number of hydrogen-bond donors (Lipinski definition) is 1. The highest BCUT2D eigenvalue weighted by molar-refractivity contribution is 6.32. The number of ether oxygens (including phenoxy) is 1. The van der Waals surface area contributed by atoms with Crippen molar-refractivity contribution in [3.63, 3.8) is 0 Å². The maximum absolute atomic E-state index is 12.5. The quantitative estimate of drug-likeness (QED) is 0.937. The van der Waals surface area contributed by atoms with E-state index in [-0.39, 0.29) is 12.0 Å². The maximum atomic E-state index is 12.5. The van der Waals surface area contributed by atoms with Crippen LogP contribution in [-0.2, 0) is 6.54 Å². The molecule has 2 aromatic carbocycles. The Morgan fingerprint density at radius 2 is 1.96 bits per heavy atom. The number of nitrogens with zero attached hydrogens (tertiary/aromatic N) is 1. The smallest absolute Gasteiger partial charge is 0.253 e. The summed E-state index contributed by atoms with van der Waals surface area (Å²) < 4.78 is 5.92. The molecule has 1 heterocycles. The predicted octanol–water partition coefficient (Wildman–Crippen LogP) is 3.09. The lowest BCUT2D eigenvalue weighted by molar-refractivity contribution is 0.0772. The van der Waals surface area contributed by atoms with E-state index < -0.39 is 0 Å². The molecule has 0 spiro atoms. The van der Waals surface area contributed by atoms with Gasteiger partial charge in [-0.05, 0) is 29.8 Å². The zero-order valence-corrected chi connectivity index (χ0v) is 13.5. The van der Waals surface area contributed by atoms with Crippen LogP contribution in [0.4, 0.5) is 0 Å². The van der Waals surface area contributed by atoms with Gasteiger partial charge >= 0.3 is 0 Å². The normalized spacial score (nSPS) is 17.3. The number of para-hydroxylation sites is 1. The van der Waals surface area contributed by atoms with Gasteiger partial charge in [-0.2, -0.15) is 0 Å². The summed E-state index contributed by atoms with van der Waals surface area (Å²) in [6, 6.07) is 14.8. The predicted molar refractivity (Wildman–Crippen MR) is 90.7 cm³/mol. The van der Waals surface area contributed by atoms with Crippen LogP contribution < -0.4 is 10.5 Å². The van der Waals surface area contributed by atoms with Crippen molar-refractivity contribution in [2.75, 3.05) is 13.1 Å². The number of rotatable bonds is 4. The van der Waals surface area contributed by atoms with Crippen LogP contribution in [0.5, 0.6) is 5.75 Å². The lowest BCUT2D eigenvalue weighted by Crippen LogP contribution is -2.31. The third-order valence-electron chi connectivity index (χ3n) is 4.00. The Balaban J connectivity index is 1.62. The SMILES string of the molecule is NCc1ccc(C(=O)N2CCC(Oc3ccccc3Cl)C2)cc1. The van der Waals surface area contributed by atoms with Crippen molar-refractivity contribution in [1.82, 2.24) is 4.90 Å². The van der Waals surface area contributed by atoms with E-state index in [1.54, 1.807) is 6.07 Å². The fourth-order valence-electron chi connectivity index (χ4n) is 2.69. The van der Waals surface area contributed by atoms with Gasteiger partial charge in [0, 0.05) is 25.1 Å². The van der Waals surface area contributed by atoms with E-state index in [1.165, 1.54) is 0 Å². The first-order valence-corrected chi connectivity index (χ1v) is 8.04. The first-order chi connectivity index (χ1) is 11.2. The molecule has 1 saturated heterocycles. The zero-order chi connectivity index (χ0) is 16.2. The van der Waals surface area contributed by atoms with E-state index >= 15 is 0 Å². The molecule has 1 aliphatic heterocycles. The second-order valence-electron chi connectivity index (χ2n) is 5.61. The number of carbonyl (C=O) groups is 1. The fraction of sp³-hybridized carbons (Fsp3) is 0.278. The molecule has 1 unspecified atom stereocenters. The molecule has 3 rings (SSSR count). The molecule has 0 bridgehead atoms. The van der Waals surface area contributed by atoms with E-state index in [0.717, 1.165) is 12.0 Å². The van der Waals surface area contributed by atoms with Gasteiger partial charge in [0.1, 0.15) is 11.9 Å². The molecule has 0 saturated carbocycles. The molecule has 0 radical (unpaired) electrons. The Bertz CT molecular complexity index is 688. The van der Waals surface area contributed by atoms with Gasteiger partial charge in [0.05, 0.1) is 11.6 Å². The van der Waals surface area contributed by atoms with Gasteiger partial charge in [0.25, 0.3) is 5.91 Å². The van der Waals surface area contributed by atoms with Gasteiger partial charge in [-0.3, -0.25) is 4.79 Å². The average molecular weight is 331 g/mol. The van der Waals surface area contributed by atoms with Crippen LogP contribution in [0.3, 0.4) is 0 Å². The molecular formula is C18H19ClN2O2. The number of nitrogens with two attached hydrogens (primary N) is 1. The summed E-state index contributed by atoms with van der Waals surface area (Å²) in [6.07, 6.45) is 0.778. The highest BCUT2D eigenvalue weighted by Crippen LogP contribution is 2.26. The Morgan fingerprint density at radius 3 is 2.65 bits per heavy atom. The molecule has 1 atom stereocenters. The monoisotopic (exact) mass is 330 g/mol. The van der Waals surface area contributed by atoms with Crippen LogP contribution in [-0.4, -0.2) is 30.0 Å². The number of halogens is 1. The number of benzene rings is 2. The Labute approximate surface area is 140 Å². The minimum absolute atomic E-state index is 0.0258. The molecule has 1 fully saturated rings. The third kappa shape index (κ3) is 3.66. The van der Waals surface area contributed by atoms with Crippen molar-refractivity contribution < 1.29 is 9.53 Å². The zero-order valence-electron chi connectivity index (χ0n) is 12.7. The number of amides is 1. The van der Waals surface area contributed by atoms with E-state index in [1.807, 2.05) is 47.4 Å². The summed E-state index contributed by atoms with van der Waals surface area (Å²) >= 11 is 6.11. The van der Waals surface area contributed by atoms with E-state index in [0.29, 0.717) is 36.0 Å². The average Bonchev–Trinajstić information content (AvgIpc) is 3.05. The van der Waals surface area contributed by atoms with Gasteiger partial charge in [0.2, 0.25) is 0 Å². The number of carbonyl (C=O) groups excluding carboxylic acids is 1. The summed E-state index contributed by atoms with van der Waals surface area (Å²) in [5.74, 6) is 0.694. The van der Waals surface area contributed by atoms with Crippen LogP contribution >= 0.6 is 11.6 Å². The number of likely N-dealkylation sites (tertiary alicyclic amines) is 1. The lowest BCUT2D eigenvalue weighted by atomic mass is 10.1. The standard InChI is InChI=1S/C18H19ClN2O2/c19-16-3-1-2-4-17(16)23-15-9-10-21(12-15)18(22)14-7-5-13(11-20)6-8-14/h1-8,15H,9-12,20H2. The van der Waals surface area contributed by atoms with Crippen molar-refractivity contribution in [2.45, 2.75) is 19.1 Å². The van der Waals surface area contributed by atoms with Gasteiger partial charge in [-0.25, -0.2) is 0 Å². The Hall–Kier alpha value is -2.04. The highest BCUT2D eigenvalue weighted by Gasteiger charge is 2.28. The number of hydrogen-bond acceptors (Lipinski definition) is 3. The van der Waals surface area contributed by atoms with Gasteiger partial charge in [0.15, 0.2) is 0 Å². The van der Waals surface area contributed by atoms with Crippen LogP contribution in [0.15, 0.2) is 48.5 Å². The fourth-order valence-corrected chi connectivity index (χ4v) is 2.87. The Morgan fingerprint density at radius 1 is 1.22 bits per heavy atom. The van der Waals surface area contributed by atoms with Gasteiger partial charge < -0.3 is 15.4 Å². The molecule has 5 heteroatoms. The summed E-state index contributed by atoms with van der Waals surface area (Å²) in [5, 5.41) is 0.592. The molecule has 0 aliphatic carbocycles. The van der Waals surface area contributed by atoms with Crippen molar-refractivity contribution in [2.24, 2.45) is 5.73 Å². The maximum Gasteiger partial charge on any atom is 0.253 e. The molecule has 0 aromatic heterocycles. The minimum atomic E-state index is -0.0258. The van der Waals surface area contributed by atoms with Crippen molar-refractivity contribution in [1.29, 1.82) is 0 Å². The second kappa shape index (κ2) is 7.02. The van der Waals surface area contributed by atoms with Crippen molar-refractivity contribution in [3.05, 3.63) is 64.7 Å². The second-order valence-corrected chi connectivity index (χ2v) is 6.02. The summed E-state index contributed by atoms with van der Waals surface area (Å²) in [5.41, 5.74) is 7.28. The molecule has 2 N–H and O–H groups in total. The molecule has 1 amide bonds. The molecule has 1 aliphatic rings. The van der Waals surface area contributed by atoms with E-state index in [4.69, 9.17) is 22.1 Å².